The van der Waals surface area contributed by atoms with Crippen LogP contribution in [0, 0.1) is 17.8 Å². The number of ether oxygens (including phenoxy) is 6. The molecule has 3 fully saturated rings. The molecule has 17 nitrogen and oxygen atoms in total. The summed E-state index contributed by atoms with van der Waals surface area (Å²) >= 11 is 0. The van der Waals surface area contributed by atoms with Crippen LogP contribution >= 0.6 is 7.26 Å². The number of hydrogen-bond donors (Lipinski definition) is 5. The van der Waals surface area contributed by atoms with E-state index in [1.54, 1.807) is 53.4 Å². The number of esters is 1. The Labute approximate surface area is 509 Å². The van der Waals surface area contributed by atoms with Gasteiger partial charge in [0.2, 0.25) is 5.91 Å². The smallest absolute Gasteiger partial charge is 0.311 e. The van der Waals surface area contributed by atoms with Crippen LogP contribution in [0.5, 0.6) is 0 Å². The van der Waals surface area contributed by atoms with E-state index in [1.807, 2.05) is 44.6 Å². The lowest BCUT2D eigenvalue weighted by molar-refractivity contribution is -0.318. The molecule has 84 heavy (non-hydrogen) atoms. The maximum atomic E-state index is 14.7. The normalized spacial score (nSPS) is 35.0. The molecule has 3 saturated heterocycles. The summed E-state index contributed by atoms with van der Waals surface area (Å²) < 4.78 is 40.2. The fraction of sp³-hybridized carbons (Fsp3) is 0.738. The van der Waals surface area contributed by atoms with Crippen LogP contribution in [0.4, 0.5) is 0 Å². The molecule has 0 radical (unpaired) electrons. The fourth-order valence-corrected chi connectivity index (χ4v) is 18.0. The monoisotopic (exact) mass is 1220 g/mol. The minimum atomic E-state index is -2.01. The first kappa shape index (κ1) is 71.6. The highest BCUT2D eigenvalue weighted by Crippen LogP contribution is 2.56. The van der Waals surface area contributed by atoms with Crippen molar-refractivity contribution < 1.29 is 75.9 Å². The molecule has 1 aromatic heterocycles. The average Bonchev–Trinajstić information content (AvgIpc) is 3.10. The van der Waals surface area contributed by atoms with Crippen molar-refractivity contribution >= 4 is 35.1 Å². The number of rotatable bonds is 22. The van der Waals surface area contributed by atoms with Crippen LogP contribution in [0.25, 0.3) is 0 Å². The molecule has 3 aromatic rings. The van der Waals surface area contributed by atoms with E-state index in [0.29, 0.717) is 12.8 Å². The van der Waals surface area contributed by atoms with Crippen molar-refractivity contribution in [3.63, 3.8) is 0 Å². The van der Waals surface area contributed by atoms with Gasteiger partial charge in [0, 0.05) is 45.5 Å². The summed E-state index contributed by atoms with van der Waals surface area (Å²) in [7, 11) is 5.35. The molecule has 4 heterocycles. The number of carbonyl (C=O) groups is 2. The van der Waals surface area contributed by atoms with Crippen molar-refractivity contribution in [3.8, 4) is 0 Å². The maximum absolute atomic E-state index is 14.7. The second kappa shape index (κ2) is 31.9. The number of amides is 1. The zero-order valence-electron chi connectivity index (χ0n) is 53.0. The number of benzene rings is 2. The Hall–Kier alpha value is -3.13. The number of aliphatic hydroxyl groups excluding tert-OH is 3. The molecule has 0 unspecified atom stereocenters. The molecular formula is C65H106ClN4O13P. The summed E-state index contributed by atoms with van der Waals surface area (Å²) in [6.07, 6.45) is 5.26. The zero-order chi connectivity index (χ0) is 61.0. The lowest BCUT2D eigenvalue weighted by Gasteiger charge is -2.48. The second-order valence-corrected chi connectivity index (χ2v) is 29.4. The molecule has 2 aromatic carbocycles. The molecule has 6 rings (SSSR count). The Balaban J connectivity index is 0.0000129. The number of carbonyl (C=O) groups excluding carboxylic acids is 2. The van der Waals surface area contributed by atoms with Crippen LogP contribution < -0.4 is 28.3 Å². The van der Waals surface area contributed by atoms with Gasteiger partial charge in [-0.3, -0.25) is 14.3 Å². The number of aliphatic hydroxyl groups is 5. The minimum Gasteiger partial charge on any atom is -1.00 e. The van der Waals surface area contributed by atoms with Crippen LogP contribution in [-0.2, 0) is 45.1 Å². The topological polar surface area (TPSA) is 215 Å². The van der Waals surface area contributed by atoms with Crippen LogP contribution in [0.2, 0.25) is 0 Å². The van der Waals surface area contributed by atoms with Gasteiger partial charge in [-0.15, -0.1) is 0 Å². The molecule has 0 saturated carbocycles. The van der Waals surface area contributed by atoms with Gasteiger partial charge in [0.1, 0.15) is 53.2 Å². The van der Waals surface area contributed by atoms with Gasteiger partial charge < -0.3 is 76.2 Å². The summed E-state index contributed by atoms with van der Waals surface area (Å²) in [5, 5.41) is 69.2. The first-order valence-electron chi connectivity index (χ1n) is 31.0. The number of aryl methyl sites for hydroxylation is 1. The molecule has 0 spiro atoms. The number of nitrogens with zero attached hydrogens (tertiary/aromatic N) is 4. The Morgan fingerprint density at radius 3 is 1.90 bits per heavy atom. The van der Waals surface area contributed by atoms with Crippen LogP contribution in [0.1, 0.15) is 159 Å². The molecule has 5 N–H and O–H groups in total. The van der Waals surface area contributed by atoms with Crippen LogP contribution in [-0.4, -0.2) is 181 Å². The van der Waals surface area contributed by atoms with Gasteiger partial charge in [-0.1, -0.05) is 95.7 Å². The summed E-state index contributed by atoms with van der Waals surface area (Å²) in [5.41, 5.74) is -4.80. The number of aromatic nitrogens is 2. The molecule has 3 aliphatic rings. The van der Waals surface area contributed by atoms with E-state index in [9.17, 15) is 35.1 Å². The summed E-state index contributed by atoms with van der Waals surface area (Å²) in [4.78, 5) is 32.8. The van der Waals surface area contributed by atoms with Gasteiger partial charge in [-0.05, 0) is 131 Å². The van der Waals surface area contributed by atoms with E-state index in [-0.39, 0.29) is 62.7 Å². The largest absolute Gasteiger partial charge is 1.00 e. The standard InChI is InChI=1S/C65H106N4O13P.ClH/c1-15-53-65(10,76)58(72)47(6)69(54(70)35-29-21-19-17-16-18-20-22-30-36-83(49-31-25-23-26-32-49,50-33-27-24-28-34-50)51-40-66-68(13)42-51)41-43(2)38-63(8,75)60(82-62-56(71)52(67(11)12)37-44(3)78-62)45(4)57(46(5)61(74)80-53)81-55-39-64(9,77-14)59(73)48(7)79-55;/h23-28,31-34,40,42-48,52-53,55-60,62,71-73,75-76H,15-22,29-30,35-39,41H2,1-14H3;1H/q+1;/p-1/t43-,44-,45+,46-,47-,48+,52+,53-,55+,56-,57+,58-,59+,60-,62+,63-,64-,65-;/m1./s1. The Bertz CT molecular complexity index is 2400. The van der Waals surface area contributed by atoms with Crippen molar-refractivity contribution in [2.75, 3.05) is 33.9 Å². The van der Waals surface area contributed by atoms with Crippen molar-refractivity contribution in [1.82, 2.24) is 19.6 Å². The van der Waals surface area contributed by atoms with Crippen LogP contribution in [0.3, 0.4) is 0 Å². The molecular weight excluding hydrogens is 1110 g/mol. The van der Waals surface area contributed by atoms with E-state index in [2.05, 4.69) is 78.2 Å². The number of methoxy groups -OCH3 is 1. The minimum absolute atomic E-state index is 0. The molecule has 19 heteroatoms. The summed E-state index contributed by atoms with van der Waals surface area (Å²) in [5.74, 6) is -3.28. The Morgan fingerprint density at radius 2 is 1.37 bits per heavy atom. The highest BCUT2D eigenvalue weighted by atomic mass is 35.5. The summed E-state index contributed by atoms with van der Waals surface area (Å²) in [6, 6.07) is 20.7. The predicted molar refractivity (Wildman–Crippen MR) is 326 cm³/mol. The lowest BCUT2D eigenvalue weighted by atomic mass is 9.77. The van der Waals surface area contributed by atoms with Gasteiger partial charge in [0.25, 0.3) is 0 Å². The second-order valence-electron chi connectivity index (χ2n) is 25.8. The third kappa shape index (κ3) is 17.4. The maximum Gasteiger partial charge on any atom is 0.311 e. The van der Waals surface area contributed by atoms with Gasteiger partial charge in [-0.2, -0.15) is 5.10 Å². The summed E-state index contributed by atoms with van der Waals surface area (Å²) in [6.45, 7) is 17.4. The van der Waals surface area contributed by atoms with Gasteiger partial charge in [0.15, 0.2) is 12.6 Å². The lowest BCUT2D eigenvalue weighted by Crippen LogP contribution is -3.00. The number of halogens is 1. The fourth-order valence-electron chi connectivity index (χ4n) is 13.7. The molecule has 3 aliphatic heterocycles. The molecule has 1 amide bonds. The van der Waals surface area contributed by atoms with Crippen molar-refractivity contribution in [3.05, 3.63) is 73.1 Å². The van der Waals surface area contributed by atoms with E-state index in [0.717, 1.165) is 57.5 Å². The van der Waals surface area contributed by atoms with Crippen molar-refractivity contribution in [2.45, 2.75) is 249 Å². The molecule has 0 bridgehead atoms. The highest BCUT2D eigenvalue weighted by molar-refractivity contribution is 7.95. The Kier molecular flexibility index (Phi) is 27.2. The number of cyclic esters (lactones) is 1. The van der Waals surface area contributed by atoms with E-state index in [1.165, 1.54) is 29.9 Å². The van der Waals surface area contributed by atoms with Gasteiger partial charge in [0.05, 0.1) is 66.1 Å². The molecule has 18 atom stereocenters. The Morgan fingerprint density at radius 1 is 0.798 bits per heavy atom. The van der Waals surface area contributed by atoms with Crippen LogP contribution in [0.15, 0.2) is 73.1 Å². The molecule has 0 aliphatic carbocycles. The van der Waals surface area contributed by atoms with Crippen molar-refractivity contribution in [2.24, 2.45) is 24.8 Å². The van der Waals surface area contributed by atoms with Crippen molar-refractivity contribution in [1.29, 1.82) is 0 Å². The quantitative estimate of drug-likeness (QED) is 0.0535. The van der Waals surface area contributed by atoms with Gasteiger partial charge in [-0.25, -0.2) is 0 Å². The number of unbranched alkanes of at least 4 members (excludes halogenated alkanes) is 8. The first-order valence-corrected chi connectivity index (χ1v) is 33.0. The van der Waals surface area contributed by atoms with E-state index < -0.39 is 109 Å². The molecule has 476 valence electrons. The number of hydrogen-bond acceptors (Lipinski definition) is 15. The average molecular weight is 1220 g/mol. The third-order valence-corrected chi connectivity index (χ3v) is 23.1. The number of likely N-dealkylation sites (N-methyl/N-ethyl adjacent to an activating group) is 1. The highest BCUT2D eigenvalue weighted by Gasteiger charge is 2.53. The SMILES string of the molecule is CC[C@H]1OC(=O)[C@H](C)[C@@H](O[C@H]2C[C@@](C)(OC)[C@@H](O)[C@H](C)O2)[C@H](C)[C@@H](O[C@@H]2O[C@H](C)C[C@H](N(C)C)[C@H]2O)[C@](C)(O)C[C@@H](C)CN(C(=O)CCCCCCCCCCC[P+](c2ccccc2)(c2ccccc2)c2cnn(C)c2)[C@H](C)[C@@H](O)[C@]1(C)O.[Cl-]. The van der Waals surface area contributed by atoms with E-state index in [4.69, 9.17) is 28.4 Å². The first-order chi connectivity index (χ1) is 39.2. The predicted octanol–water partition coefficient (Wildman–Crippen LogP) is 4.43. The van der Waals surface area contributed by atoms with E-state index >= 15 is 0 Å². The van der Waals surface area contributed by atoms with Gasteiger partial charge >= 0.3 is 5.97 Å². The third-order valence-electron chi connectivity index (χ3n) is 18.6. The zero-order valence-corrected chi connectivity index (χ0v) is 54.7.